The molecule has 2 aromatic carbocycles. The highest BCUT2D eigenvalue weighted by Gasteiger charge is 2.13. The Labute approximate surface area is 154 Å². The van der Waals surface area contributed by atoms with Gasteiger partial charge in [-0.3, -0.25) is 0 Å². The first kappa shape index (κ1) is 16.6. The van der Waals surface area contributed by atoms with Crippen molar-refractivity contribution in [1.82, 2.24) is 10.1 Å². The van der Waals surface area contributed by atoms with Gasteiger partial charge >= 0.3 is 0 Å². The molecule has 134 valence electrons. The molecule has 3 aromatic rings. The van der Waals surface area contributed by atoms with Crippen molar-refractivity contribution >= 4 is 11.4 Å². The molecule has 0 N–H and O–H groups in total. The van der Waals surface area contributed by atoms with Gasteiger partial charge in [-0.15, -0.1) is 0 Å². The van der Waals surface area contributed by atoms with Crippen molar-refractivity contribution in [1.29, 1.82) is 0 Å². The Morgan fingerprint density at radius 1 is 0.846 bits per heavy atom. The molecule has 26 heavy (non-hydrogen) atoms. The minimum Gasteiger partial charge on any atom is -0.378 e. The Balaban J connectivity index is 1.52. The number of piperidine rings is 1. The van der Waals surface area contributed by atoms with E-state index in [0.717, 1.165) is 29.9 Å². The van der Waals surface area contributed by atoms with Crippen LogP contribution in [-0.4, -0.2) is 37.3 Å². The van der Waals surface area contributed by atoms with Gasteiger partial charge in [0.05, 0.1) is 0 Å². The molecule has 1 aliphatic heterocycles. The molecule has 0 atom stereocenters. The van der Waals surface area contributed by atoms with E-state index in [9.17, 15) is 0 Å². The first-order valence-electron chi connectivity index (χ1n) is 9.17. The summed E-state index contributed by atoms with van der Waals surface area (Å²) in [6.07, 6.45) is 3.90. The fourth-order valence-corrected chi connectivity index (χ4v) is 3.33. The van der Waals surface area contributed by atoms with Crippen molar-refractivity contribution in [3.05, 3.63) is 48.5 Å². The van der Waals surface area contributed by atoms with Crippen LogP contribution in [0.2, 0.25) is 0 Å². The van der Waals surface area contributed by atoms with Gasteiger partial charge in [0.2, 0.25) is 5.82 Å². The van der Waals surface area contributed by atoms with Gasteiger partial charge in [-0.2, -0.15) is 4.98 Å². The van der Waals surface area contributed by atoms with E-state index < -0.39 is 0 Å². The molecule has 2 heterocycles. The van der Waals surface area contributed by atoms with E-state index >= 15 is 0 Å². The third-order valence-electron chi connectivity index (χ3n) is 4.90. The molecule has 0 aliphatic carbocycles. The van der Waals surface area contributed by atoms with Gasteiger partial charge < -0.3 is 14.3 Å². The molecule has 5 heteroatoms. The quantitative estimate of drug-likeness (QED) is 0.696. The average Bonchev–Trinajstić information content (AvgIpc) is 3.19. The van der Waals surface area contributed by atoms with Crippen molar-refractivity contribution < 1.29 is 4.52 Å². The van der Waals surface area contributed by atoms with E-state index in [2.05, 4.69) is 44.2 Å². The Morgan fingerprint density at radius 2 is 1.50 bits per heavy atom. The third-order valence-corrected chi connectivity index (χ3v) is 4.90. The topological polar surface area (TPSA) is 45.4 Å². The van der Waals surface area contributed by atoms with Crippen LogP contribution in [0.5, 0.6) is 0 Å². The first-order chi connectivity index (χ1) is 12.7. The fourth-order valence-electron chi connectivity index (χ4n) is 3.33. The van der Waals surface area contributed by atoms with Crippen LogP contribution in [0.3, 0.4) is 0 Å². The van der Waals surface area contributed by atoms with Gasteiger partial charge in [-0.25, -0.2) is 0 Å². The Kier molecular flexibility index (Phi) is 4.61. The largest absolute Gasteiger partial charge is 0.378 e. The van der Waals surface area contributed by atoms with E-state index in [0.29, 0.717) is 11.7 Å². The predicted molar refractivity (Wildman–Crippen MR) is 106 cm³/mol. The number of aromatic nitrogens is 2. The van der Waals surface area contributed by atoms with Gasteiger partial charge in [0, 0.05) is 49.7 Å². The minimum absolute atomic E-state index is 0.547. The Hall–Kier alpha value is -2.82. The maximum atomic E-state index is 5.47. The maximum Gasteiger partial charge on any atom is 0.258 e. The standard InChI is InChI=1S/C21H24N4O/c1-24(2)18-10-8-17(9-11-18)21-22-20(23-26-21)16-6-12-19(13-7-16)25-14-4-3-5-15-25/h6-13H,3-5,14-15H2,1-2H3. The second-order valence-corrected chi connectivity index (χ2v) is 6.96. The summed E-state index contributed by atoms with van der Waals surface area (Å²) in [5.74, 6) is 1.17. The molecule has 0 spiro atoms. The number of hydrogen-bond donors (Lipinski definition) is 0. The molecule has 0 unspecified atom stereocenters. The summed E-state index contributed by atoms with van der Waals surface area (Å²) in [6, 6.07) is 16.6. The highest BCUT2D eigenvalue weighted by Crippen LogP contribution is 2.26. The lowest BCUT2D eigenvalue weighted by Gasteiger charge is -2.28. The first-order valence-corrected chi connectivity index (χ1v) is 9.17. The second kappa shape index (κ2) is 7.20. The van der Waals surface area contributed by atoms with Gasteiger partial charge in [0.1, 0.15) is 0 Å². The van der Waals surface area contributed by atoms with Crippen molar-refractivity contribution in [3.63, 3.8) is 0 Å². The molecular weight excluding hydrogens is 324 g/mol. The molecule has 0 amide bonds. The van der Waals surface area contributed by atoms with Crippen molar-refractivity contribution in [3.8, 4) is 22.8 Å². The number of nitrogens with zero attached hydrogens (tertiary/aromatic N) is 4. The third kappa shape index (κ3) is 3.43. The SMILES string of the molecule is CN(C)c1ccc(-c2nc(-c3ccc(N4CCCCC4)cc3)no2)cc1. The molecule has 4 rings (SSSR count). The molecular formula is C21H24N4O. The summed E-state index contributed by atoms with van der Waals surface area (Å²) in [6.45, 7) is 2.29. The van der Waals surface area contributed by atoms with Crippen LogP contribution >= 0.6 is 0 Å². The molecule has 1 saturated heterocycles. The summed E-state index contributed by atoms with van der Waals surface area (Å²) < 4.78 is 5.47. The molecule has 1 fully saturated rings. The average molecular weight is 348 g/mol. The zero-order valence-electron chi connectivity index (χ0n) is 15.4. The van der Waals surface area contributed by atoms with Crippen LogP contribution < -0.4 is 9.80 Å². The molecule has 1 aromatic heterocycles. The zero-order valence-corrected chi connectivity index (χ0v) is 15.4. The summed E-state index contributed by atoms with van der Waals surface area (Å²) in [5.41, 5.74) is 4.32. The zero-order chi connectivity index (χ0) is 17.9. The van der Waals surface area contributed by atoms with Crippen molar-refractivity contribution in [2.75, 3.05) is 37.0 Å². The molecule has 0 radical (unpaired) electrons. The number of anilines is 2. The summed E-state index contributed by atoms with van der Waals surface area (Å²) in [4.78, 5) is 9.07. The highest BCUT2D eigenvalue weighted by atomic mass is 16.5. The Bertz CT molecular complexity index is 846. The summed E-state index contributed by atoms with van der Waals surface area (Å²) >= 11 is 0. The molecule has 5 nitrogen and oxygen atoms in total. The number of hydrogen-bond acceptors (Lipinski definition) is 5. The van der Waals surface area contributed by atoms with Crippen LogP contribution in [0.25, 0.3) is 22.8 Å². The van der Waals surface area contributed by atoms with Crippen LogP contribution in [0.15, 0.2) is 53.1 Å². The molecule has 1 aliphatic rings. The fraction of sp³-hybridized carbons (Fsp3) is 0.333. The van der Waals surface area contributed by atoms with Gasteiger partial charge in [0.25, 0.3) is 5.89 Å². The van der Waals surface area contributed by atoms with Gasteiger partial charge in [0.15, 0.2) is 0 Å². The summed E-state index contributed by atoms with van der Waals surface area (Å²) in [5, 5.41) is 4.15. The van der Waals surface area contributed by atoms with E-state index in [1.807, 2.05) is 38.4 Å². The van der Waals surface area contributed by atoms with Crippen LogP contribution in [0.1, 0.15) is 19.3 Å². The van der Waals surface area contributed by atoms with Crippen LogP contribution in [0.4, 0.5) is 11.4 Å². The van der Waals surface area contributed by atoms with E-state index in [4.69, 9.17) is 4.52 Å². The van der Waals surface area contributed by atoms with E-state index in [1.54, 1.807) is 0 Å². The second-order valence-electron chi connectivity index (χ2n) is 6.96. The minimum atomic E-state index is 0.547. The smallest absolute Gasteiger partial charge is 0.258 e. The number of benzene rings is 2. The highest BCUT2D eigenvalue weighted by molar-refractivity contribution is 5.64. The lowest BCUT2D eigenvalue weighted by Crippen LogP contribution is -2.29. The number of rotatable bonds is 4. The normalized spacial score (nSPS) is 14.5. The van der Waals surface area contributed by atoms with E-state index in [1.165, 1.54) is 24.9 Å². The van der Waals surface area contributed by atoms with Crippen molar-refractivity contribution in [2.45, 2.75) is 19.3 Å². The molecule has 0 saturated carbocycles. The molecule has 0 bridgehead atoms. The Morgan fingerprint density at radius 3 is 2.15 bits per heavy atom. The monoisotopic (exact) mass is 348 g/mol. The van der Waals surface area contributed by atoms with Crippen molar-refractivity contribution in [2.24, 2.45) is 0 Å². The lowest BCUT2D eigenvalue weighted by molar-refractivity contribution is 0.432. The summed E-state index contributed by atoms with van der Waals surface area (Å²) in [7, 11) is 4.04. The van der Waals surface area contributed by atoms with Gasteiger partial charge in [-0.05, 0) is 67.8 Å². The maximum absolute atomic E-state index is 5.47. The van der Waals surface area contributed by atoms with E-state index in [-0.39, 0.29) is 0 Å². The lowest BCUT2D eigenvalue weighted by atomic mass is 10.1. The van der Waals surface area contributed by atoms with Crippen LogP contribution in [-0.2, 0) is 0 Å². The predicted octanol–water partition coefficient (Wildman–Crippen LogP) is 4.46. The van der Waals surface area contributed by atoms with Crippen LogP contribution in [0, 0.1) is 0 Å². The van der Waals surface area contributed by atoms with Gasteiger partial charge in [-0.1, -0.05) is 5.16 Å².